The molecule has 3 aromatic carbocycles. The van der Waals surface area contributed by atoms with Gasteiger partial charge in [-0.1, -0.05) is 54.2 Å². The second-order valence-corrected chi connectivity index (χ2v) is 7.27. The van der Waals surface area contributed by atoms with Gasteiger partial charge in [0.05, 0.1) is 5.56 Å². The molecule has 0 aliphatic heterocycles. The normalized spacial score (nSPS) is 11.6. The summed E-state index contributed by atoms with van der Waals surface area (Å²) in [4.78, 5) is 14.3. The molecule has 150 valence electrons. The number of anilines is 1. The van der Waals surface area contributed by atoms with Crippen LogP contribution in [0.1, 0.15) is 11.1 Å². The molecule has 0 aliphatic carbocycles. The molecule has 0 unspecified atom stereocenters. The van der Waals surface area contributed by atoms with E-state index in [1.807, 2.05) is 48.5 Å². The molecule has 3 aromatic rings. The quantitative estimate of drug-likeness (QED) is 0.381. The van der Waals surface area contributed by atoms with Gasteiger partial charge in [-0.15, -0.1) is 0 Å². The standard InChI is InChI=1S/C23H15F3N2OS/c24-23(25,26)18-8-6-9-19(14-18)28-22(29)17(15-27)13-16-7-4-5-12-21(16)30-20-10-2-1-3-11-20/h1-14H,(H,28,29)/b17-13+. The number of benzene rings is 3. The highest BCUT2D eigenvalue weighted by Gasteiger charge is 2.30. The van der Waals surface area contributed by atoms with Crippen LogP contribution >= 0.6 is 11.8 Å². The lowest BCUT2D eigenvalue weighted by molar-refractivity contribution is -0.137. The Morgan fingerprint density at radius 3 is 2.37 bits per heavy atom. The summed E-state index contributed by atoms with van der Waals surface area (Å²) >= 11 is 1.48. The van der Waals surface area contributed by atoms with E-state index in [9.17, 15) is 23.2 Å². The summed E-state index contributed by atoms with van der Waals surface area (Å²) < 4.78 is 38.6. The number of nitriles is 1. The van der Waals surface area contributed by atoms with Crippen LogP contribution in [0.3, 0.4) is 0 Å². The smallest absolute Gasteiger partial charge is 0.321 e. The number of alkyl halides is 3. The molecule has 1 N–H and O–H groups in total. The van der Waals surface area contributed by atoms with E-state index < -0.39 is 17.6 Å². The van der Waals surface area contributed by atoms with Crippen LogP contribution in [0, 0.1) is 11.3 Å². The fourth-order valence-corrected chi connectivity index (χ4v) is 3.52. The van der Waals surface area contributed by atoms with Crippen molar-refractivity contribution in [2.45, 2.75) is 16.0 Å². The first kappa shape index (κ1) is 21.2. The second-order valence-electron chi connectivity index (χ2n) is 6.16. The molecule has 0 aromatic heterocycles. The summed E-state index contributed by atoms with van der Waals surface area (Å²) in [5, 5.41) is 11.8. The molecular weight excluding hydrogens is 409 g/mol. The van der Waals surface area contributed by atoms with Gasteiger partial charge in [-0.05, 0) is 48.0 Å². The number of hydrogen-bond donors (Lipinski definition) is 1. The second kappa shape index (κ2) is 9.33. The minimum absolute atomic E-state index is 0.0390. The predicted molar refractivity (Wildman–Crippen MR) is 111 cm³/mol. The largest absolute Gasteiger partial charge is 0.416 e. The molecule has 0 radical (unpaired) electrons. The predicted octanol–water partition coefficient (Wildman–Crippen LogP) is 6.40. The van der Waals surface area contributed by atoms with Gasteiger partial charge in [-0.25, -0.2) is 0 Å². The Hall–Kier alpha value is -3.50. The van der Waals surface area contributed by atoms with Crippen molar-refractivity contribution >= 4 is 29.4 Å². The average molecular weight is 424 g/mol. The van der Waals surface area contributed by atoms with Gasteiger partial charge in [0.25, 0.3) is 5.91 Å². The van der Waals surface area contributed by atoms with Crippen molar-refractivity contribution in [2.24, 2.45) is 0 Å². The number of nitrogens with one attached hydrogen (secondary N) is 1. The van der Waals surface area contributed by atoms with Gasteiger partial charge in [-0.3, -0.25) is 4.79 Å². The molecule has 0 fully saturated rings. The number of carbonyl (C=O) groups is 1. The molecule has 3 nitrogen and oxygen atoms in total. The van der Waals surface area contributed by atoms with E-state index in [-0.39, 0.29) is 11.3 Å². The molecule has 30 heavy (non-hydrogen) atoms. The summed E-state index contributed by atoms with van der Waals surface area (Å²) in [6, 6.07) is 22.9. The molecular formula is C23H15F3N2OS. The molecule has 0 saturated carbocycles. The van der Waals surface area contributed by atoms with Crippen molar-refractivity contribution in [3.05, 3.63) is 95.6 Å². The van der Waals surface area contributed by atoms with Gasteiger partial charge in [0.15, 0.2) is 0 Å². The van der Waals surface area contributed by atoms with Crippen molar-refractivity contribution in [1.29, 1.82) is 5.26 Å². The Morgan fingerprint density at radius 1 is 0.967 bits per heavy atom. The van der Waals surface area contributed by atoms with Crippen LogP contribution in [-0.2, 0) is 11.0 Å². The van der Waals surface area contributed by atoms with Gasteiger partial charge in [0.1, 0.15) is 11.6 Å². The first-order valence-corrected chi connectivity index (χ1v) is 9.61. The summed E-state index contributed by atoms with van der Waals surface area (Å²) in [5.74, 6) is -0.781. The molecule has 1 amide bonds. The number of rotatable bonds is 5. The van der Waals surface area contributed by atoms with E-state index in [1.165, 1.54) is 30.0 Å². The Bertz CT molecular complexity index is 1120. The summed E-state index contributed by atoms with van der Waals surface area (Å²) in [6.07, 6.45) is -3.10. The maximum atomic E-state index is 12.9. The lowest BCUT2D eigenvalue weighted by Gasteiger charge is -2.10. The van der Waals surface area contributed by atoms with Crippen molar-refractivity contribution < 1.29 is 18.0 Å². The minimum atomic E-state index is -4.53. The SMILES string of the molecule is N#C/C(=C\c1ccccc1Sc1ccccc1)C(=O)Nc1cccc(C(F)(F)F)c1. The Labute approximate surface area is 175 Å². The summed E-state index contributed by atoms with van der Waals surface area (Å²) in [7, 11) is 0. The van der Waals surface area contributed by atoms with Crippen molar-refractivity contribution in [2.75, 3.05) is 5.32 Å². The first-order valence-electron chi connectivity index (χ1n) is 8.79. The molecule has 0 heterocycles. The fourth-order valence-electron chi connectivity index (χ4n) is 2.58. The number of nitrogens with zero attached hydrogens (tertiary/aromatic N) is 1. The molecule has 0 aliphatic rings. The zero-order chi connectivity index (χ0) is 21.6. The Morgan fingerprint density at radius 2 is 1.67 bits per heavy atom. The van der Waals surface area contributed by atoms with Crippen LogP contribution in [-0.4, -0.2) is 5.91 Å². The van der Waals surface area contributed by atoms with Gasteiger partial charge in [0, 0.05) is 15.5 Å². The van der Waals surface area contributed by atoms with Gasteiger partial charge in [-0.2, -0.15) is 18.4 Å². The lowest BCUT2D eigenvalue weighted by Crippen LogP contribution is -2.14. The maximum Gasteiger partial charge on any atom is 0.416 e. The van der Waals surface area contributed by atoms with Crippen molar-refractivity contribution in [3.8, 4) is 6.07 Å². The molecule has 3 rings (SSSR count). The zero-order valence-electron chi connectivity index (χ0n) is 15.5. The van der Waals surface area contributed by atoms with E-state index in [1.54, 1.807) is 12.1 Å². The van der Waals surface area contributed by atoms with Crippen LogP contribution in [0.4, 0.5) is 18.9 Å². The van der Waals surface area contributed by atoms with Crippen LogP contribution in [0.15, 0.2) is 94.2 Å². The molecule has 0 bridgehead atoms. The number of halogens is 3. The van der Waals surface area contributed by atoms with E-state index in [2.05, 4.69) is 5.32 Å². The van der Waals surface area contributed by atoms with Crippen LogP contribution in [0.5, 0.6) is 0 Å². The van der Waals surface area contributed by atoms with Gasteiger partial charge in [0.2, 0.25) is 0 Å². The molecule has 7 heteroatoms. The number of amides is 1. The van der Waals surface area contributed by atoms with E-state index in [0.717, 1.165) is 21.9 Å². The van der Waals surface area contributed by atoms with Gasteiger partial charge >= 0.3 is 6.18 Å². The number of carbonyl (C=O) groups excluding carboxylic acids is 1. The van der Waals surface area contributed by atoms with Crippen LogP contribution in [0.25, 0.3) is 6.08 Å². The van der Waals surface area contributed by atoms with Crippen LogP contribution in [0.2, 0.25) is 0 Å². The fraction of sp³-hybridized carbons (Fsp3) is 0.0435. The van der Waals surface area contributed by atoms with Crippen LogP contribution < -0.4 is 5.32 Å². The third-order valence-electron chi connectivity index (χ3n) is 4.00. The summed E-state index contributed by atoms with van der Waals surface area (Å²) in [6.45, 7) is 0. The first-order chi connectivity index (χ1) is 14.4. The van der Waals surface area contributed by atoms with E-state index in [4.69, 9.17) is 0 Å². The number of hydrogen-bond acceptors (Lipinski definition) is 3. The lowest BCUT2D eigenvalue weighted by atomic mass is 10.1. The zero-order valence-corrected chi connectivity index (χ0v) is 16.3. The Kier molecular flexibility index (Phi) is 6.60. The highest BCUT2D eigenvalue weighted by atomic mass is 32.2. The topological polar surface area (TPSA) is 52.9 Å². The maximum absolute atomic E-state index is 12.9. The summed E-state index contributed by atoms with van der Waals surface area (Å²) in [5.41, 5.74) is -0.481. The highest BCUT2D eigenvalue weighted by molar-refractivity contribution is 7.99. The average Bonchev–Trinajstić information content (AvgIpc) is 2.73. The van der Waals surface area contributed by atoms with Crippen molar-refractivity contribution in [3.63, 3.8) is 0 Å². The van der Waals surface area contributed by atoms with E-state index in [0.29, 0.717) is 5.56 Å². The minimum Gasteiger partial charge on any atom is -0.321 e. The van der Waals surface area contributed by atoms with Gasteiger partial charge < -0.3 is 5.32 Å². The van der Waals surface area contributed by atoms with E-state index >= 15 is 0 Å². The van der Waals surface area contributed by atoms with Crippen molar-refractivity contribution in [1.82, 2.24) is 0 Å². The molecule has 0 saturated heterocycles. The Balaban J connectivity index is 1.84. The third-order valence-corrected chi connectivity index (χ3v) is 5.10. The molecule has 0 atom stereocenters. The molecule has 0 spiro atoms. The third kappa shape index (κ3) is 5.52. The highest BCUT2D eigenvalue weighted by Crippen LogP contribution is 2.32. The monoisotopic (exact) mass is 424 g/mol.